The predicted octanol–water partition coefficient (Wildman–Crippen LogP) is 19.4. The van der Waals surface area contributed by atoms with E-state index in [1.54, 1.807) is 0 Å². The van der Waals surface area contributed by atoms with Gasteiger partial charge in [0.2, 0.25) is 0 Å². The first kappa shape index (κ1) is 118. The summed E-state index contributed by atoms with van der Waals surface area (Å²) in [5, 5.41) is 0. The van der Waals surface area contributed by atoms with Crippen LogP contribution >= 0.6 is 0 Å². The minimum atomic E-state index is -4.98. The summed E-state index contributed by atoms with van der Waals surface area (Å²) < 4.78 is 217. The van der Waals surface area contributed by atoms with E-state index in [1.165, 1.54) is 0 Å². The zero-order valence-corrected chi connectivity index (χ0v) is 108. The van der Waals surface area contributed by atoms with Crippen LogP contribution in [-0.2, 0) is 124 Å². The molecular weight excluding hydrogens is 1920 g/mol. The van der Waals surface area contributed by atoms with Gasteiger partial charge in [0, 0.05) is 26.2 Å². The second-order valence-corrected chi connectivity index (χ2v) is 133. The summed E-state index contributed by atoms with van der Waals surface area (Å²) in [6, 6.07) is 0. The highest BCUT2D eigenvalue weighted by molar-refractivity contribution is 6.88. The third-order valence-corrected chi connectivity index (χ3v) is 48.2. The fourth-order valence-corrected chi connectivity index (χ4v) is 47.0. The molecule has 0 bridgehead atoms. The predicted molar refractivity (Wildman–Crippen MR) is 546 cm³/mol. The highest BCUT2D eigenvalue weighted by Crippen LogP contribution is 2.47. The first-order valence-electron chi connectivity index (χ1n) is 45.5. The van der Waals surface area contributed by atoms with Crippen molar-refractivity contribution < 1.29 is 124 Å². The molecule has 736 valence electrons. The van der Waals surface area contributed by atoms with Gasteiger partial charge in [0.05, 0.1) is 26.4 Å². The summed E-state index contributed by atoms with van der Waals surface area (Å²) in [6.07, 6.45) is -19.0. The van der Waals surface area contributed by atoms with Crippen LogP contribution in [0.15, 0.2) is 0 Å². The van der Waals surface area contributed by atoms with Gasteiger partial charge in [-0.1, -0.05) is 0 Å². The van der Waals surface area contributed by atoms with Gasteiger partial charge in [-0.25, -0.2) is 0 Å². The van der Waals surface area contributed by atoms with Crippen LogP contribution in [-0.4, -0.2) is 318 Å². The van der Waals surface area contributed by atoms with E-state index >= 15 is 0 Å². The Kier molecular flexibility index (Phi) is 40.6. The van der Waals surface area contributed by atoms with E-state index in [1.807, 2.05) is 26.2 Å². The van der Waals surface area contributed by atoms with E-state index in [0.717, 1.165) is 0 Å². The molecule has 5 aliphatic heterocycles. The highest BCUT2D eigenvalue weighted by Gasteiger charge is 2.71. The summed E-state index contributed by atoms with van der Waals surface area (Å²) in [6.45, 7) is 112. The maximum Gasteiger partial charge on any atom is 0.483 e. The van der Waals surface area contributed by atoms with Gasteiger partial charge >= 0.3 is 35.2 Å². The number of rotatable bonds is 44. The summed E-state index contributed by atoms with van der Waals surface area (Å²) in [4.78, 5) is 0. The average Bonchev–Trinajstić information content (AvgIpc) is 0.721. The van der Waals surface area contributed by atoms with Crippen LogP contribution in [0.3, 0.4) is 0 Å². The first-order valence-corrected chi connectivity index (χ1v) is 109. The van der Waals surface area contributed by atoms with Crippen LogP contribution in [0.1, 0.15) is 0 Å². The van der Waals surface area contributed by atoms with Crippen LogP contribution in [0.5, 0.6) is 0 Å². The molecular formula is C76H184O28Si20. The monoisotopic (exact) mass is 2100 g/mol. The topological polar surface area (TPSA) is 258 Å². The lowest BCUT2D eigenvalue weighted by atomic mass is 9.99. The van der Waals surface area contributed by atoms with Crippen molar-refractivity contribution in [2.45, 2.75) is 463 Å². The number of hydrogen-bond donors (Lipinski definition) is 0. The standard InChI is InChI=1S/C76H184O28Si20/c1-105(2,3)77-53-57-61(85-109(13,14)15)65(69(89-113(25,26)27)73(81-57)97-117(37,38)39)93-121(49)101-122(50,94-66-62(86-110(16,17)18)58(54-78-106(4,5)6)82-74(98-118(40,41)42)70(66)90-114(28,29)30)103-124(52,96-68-64(88-112(22,23)24)60(56-80-108(10,11)12)84-76(100-120(46,47)48)72(68)92-116(34,35)36)104-123(51,102-121)95-67-63(87-111(19,20)21)59(55-79-107(7,8)9)83-75(99-119(43,44)45)71(67)91-115(31,32)33/h57-76H,53-56H2,1-52H3/t57-,58-,59-,60-,61-,62-,63-,64-,65+,66+,67+,68+,69-,70-,71-,72-,73?,74?,75?,76?,121?,122?,123?,124?/m1/s1. The van der Waals surface area contributed by atoms with Crippen molar-refractivity contribution in [3.05, 3.63) is 0 Å². The lowest BCUT2D eigenvalue weighted by Gasteiger charge is -2.56. The van der Waals surface area contributed by atoms with Crippen molar-refractivity contribution in [2.75, 3.05) is 26.4 Å². The Labute approximate surface area is 775 Å². The molecule has 5 saturated heterocycles. The molecule has 5 rings (SSSR count). The molecule has 0 N–H and O–H groups in total. The highest BCUT2D eigenvalue weighted by atomic mass is 28.6. The maximum atomic E-state index is 8.55. The van der Waals surface area contributed by atoms with E-state index in [-0.39, 0.29) is 26.4 Å². The smallest absolute Gasteiger partial charge is 0.415 e. The van der Waals surface area contributed by atoms with Gasteiger partial charge < -0.3 is 124 Å². The Bertz CT molecular complexity index is 2850. The normalized spacial score (nSPS) is 34.9. The molecule has 20 atom stereocenters. The van der Waals surface area contributed by atoms with Crippen molar-refractivity contribution in [1.82, 2.24) is 0 Å². The molecule has 124 heavy (non-hydrogen) atoms. The van der Waals surface area contributed by atoms with Gasteiger partial charge in [-0.2, -0.15) is 0 Å². The molecule has 0 aromatic rings. The van der Waals surface area contributed by atoms with Crippen LogP contribution < -0.4 is 0 Å². The number of hydrogen-bond acceptors (Lipinski definition) is 28. The van der Waals surface area contributed by atoms with Crippen molar-refractivity contribution in [2.24, 2.45) is 0 Å². The lowest BCUT2D eigenvalue weighted by molar-refractivity contribution is -0.278. The summed E-state index contributed by atoms with van der Waals surface area (Å²) in [5.74, 6) is 0. The number of ether oxygens (including phenoxy) is 4. The maximum absolute atomic E-state index is 8.55. The molecule has 0 spiro atoms. The van der Waals surface area contributed by atoms with Gasteiger partial charge in [-0.15, -0.1) is 0 Å². The van der Waals surface area contributed by atoms with Crippen LogP contribution in [0.4, 0.5) is 0 Å². The molecule has 0 radical (unpaired) electrons. The van der Waals surface area contributed by atoms with E-state index in [0.29, 0.717) is 0 Å². The van der Waals surface area contributed by atoms with E-state index in [2.05, 4.69) is 314 Å². The minimum Gasteiger partial charge on any atom is -0.415 e. The van der Waals surface area contributed by atoms with Crippen molar-refractivity contribution in [3.63, 3.8) is 0 Å². The van der Waals surface area contributed by atoms with Gasteiger partial charge in [0.15, 0.2) is 158 Å². The molecule has 48 heteroatoms. The van der Waals surface area contributed by atoms with E-state index in [9.17, 15) is 0 Å². The summed E-state index contributed by atoms with van der Waals surface area (Å²) >= 11 is 0. The third-order valence-electron chi connectivity index (χ3n) is 17.8. The summed E-state index contributed by atoms with van der Waals surface area (Å²) in [7, 11) is -61.0. The van der Waals surface area contributed by atoms with Crippen LogP contribution in [0.2, 0.25) is 340 Å². The Morgan fingerprint density at radius 1 is 0.161 bits per heavy atom. The van der Waals surface area contributed by atoms with Gasteiger partial charge in [0.25, 0.3) is 0 Å². The van der Waals surface area contributed by atoms with Gasteiger partial charge in [-0.3, -0.25) is 0 Å². The largest absolute Gasteiger partial charge is 0.483 e. The average molecular weight is 2110 g/mol. The van der Waals surface area contributed by atoms with Crippen molar-refractivity contribution in [1.29, 1.82) is 0 Å². The zero-order chi connectivity index (χ0) is 96.2. The molecule has 0 aliphatic carbocycles. The molecule has 5 aliphatic rings. The molecule has 28 nitrogen and oxygen atoms in total. The summed E-state index contributed by atoms with van der Waals surface area (Å²) in [5.41, 5.74) is 0. The molecule has 0 amide bonds. The SMILES string of the molecule is C[Si](C)(C)OC[C@H]1OC(O[Si](C)(C)C)[C@H](O[Si](C)(C)C)[C@@H](O[Si]2(C)O[Si](C)(O[C@H]3[C@H](O[Si](C)(C)C)[C@@H](CO[Si](C)(C)C)OC(O[Si](C)(C)C)[C@@H]3O[Si](C)(C)C)O[Si](C)(O[C@H]3[C@H](O[Si](C)(C)C)[C@@H](CO[Si](C)(C)C)OC(O[Si](C)(C)C)[C@@H]3O[Si](C)(C)C)O[Si](C)(O[C@H]3[C@H](O[Si](C)(C)C)[C@@H](CO[Si](C)(C)C)OC(O[Si](C)(C)C)[C@@H]3O[Si](C)(C)C)O2)[C@@H]1O[Si](C)(C)C. The lowest BCUT2D eigenvalue weighted by Crippen LogP contribution is -2.77. The molecule has 4 unspecified atom stereocenters. The van der Waals surface area contributed by atoms with Gasteiger partial charge in [0.1, 0.15) is 97.7 Å². The van der Waals surface area contributed by atoms with Crippen molar-refractivity contribution >= 4 is 168 Å². The molecule has 5 fully saturated rings. The minimum absolute atomic E-state index is 0.147. The Balaban J connectivity index is 2.25. The third kappa shape index (κ3) is 43.3. The second-order valence-electron chi connectivity index (χ2n) is 50.5. The fourth-order valence-electron chi connectivity index (χ4n) is 14.6. The molecule has 5 heterocycles. The van der Waals surface area contributed by atoms with Gasteiger partial charge in [-0.05, 0) is 314 Å². The van der Waals surface area contributed by atoms with E-state index in [4.69, 9.17) is 124 Å². The second kappa shape index (κ2) is 42.7. The molecule has 0 aromatic heterocycles. The Morgan fingerprint density at radius 2 is 0.282 bits per heavy atom. The quantitative estimate of drug-likeness (QED) is 0.0513. The van der Waals surface area contributed by atoms with Crippen LogP contribution in [0, 0.1) is 0 Å². The van der Waals surface area contributed by atoms with E-state index < -0.39 is 291 Å². The zero-order valence-electron chi connectivity index (χ0n) is 87.8. The fraction of sp³-hybridized carbons (Fsp3) is 1.00. The molecule has 0 saturated carbocycles. The Hall–Kier alpha value is 3.22. The van der Waals surface area contributed by atoms with Crippen LogP contribution in [0.25, 0.3) is 0 Å². The van der Waals surface area contributed by atoms with Crippen molar-refractivity contribution in [3.8, 4) is 0 Å². The first-order chi connectivity index (χ1) is 54.7. The Morgan fingerprint density at radius 3 is 0.395 bits per heavy atom. The molecule has 0 aromatic carbocycles.